The fraction of sp³-hybridized carbons (Fsp3) is 1.00. The summed E-state index contributed by atoms with van der Waals surface area (Å²) in [5.74, 6) is 0. The van der Waals surface area contributed by atoms with Gasteiger partial charge in [-0.15, -0.1) is 0 Å². The largest absolute Gasteiger partial charge is 0.393 e. The molecule has 1 fully saturated rings. The van der Waals surface area contributed by atoms with Crippen LogP contribution in [0.5, 0.6) is 0 Å². The van der Waals surface area contributed by atoms with Gasteiger partial charge in [-0.25, -0.2) is 0 Å². The van der Waals surface area contributed by atoms with E-state index in [1.807, 2.05) is 20.8 Å². The van der Waals surface area contributed by atoms with Crippen molar-refractivity contribution in [1.29, 1.82) is 0 Å². The minimum atomic E-state index is -0.472. The first-order chi connectivity index (χ1) is 8.49. The Labute approximate surface area is 109 Å². The average molecular weight is 262 g/mol. The van der Waals surface area contributed by atoms with Crippen LogP contribution in [0.15, 0.2) is 0 Å². The number of aliphatic hydroxyl groups is 1. The van der Waals surface area contributed by atoms with Gasteiger partial charge < -0.3 is 24.1 Å². The Bertz CT molecular complexity index is 238. The number of hydrogen-bond acceptors (Lipinski definition) is 5. The summed E-state index contributed by atoms with van der Waals surface area (Å²) in [4.78, 5) is 0. The lowest BCUT2D eigenvalue weighted by atomic mass is 9.93. The summed E-state index contributed by atoms with van der Waals surface area (Å²) in [6.45, 7) is 7.32. The van der Waals surface area contributed by atoms with Crippen LogP contribution in [-0.2, 0) is 18.9 Å². The Hall–Kier alpha value is -0.200. The maximum absolute atomic E-state index is 9.48. The monoisotopic (exact) mass is 262 g/mol. The molecule has 5 heteroatoms. The number of hydrogen-bond donors (Lipinski definition) is 1. The lowest BCUT2D eigenvalue weighted by Crippen LogP contribution is -2.37. The fourth-order valence-electron chi connectivity index (χ4n) is 2.27. The SMILES string of the molecule is CCC1(CO)CC(OCOCCOC)C(C)(C)O1. The van der Waals surface area contributed by atoms with Crippen molar-refractivity contribution >= 4 is 0 Å². The normalized spacial score (nSPS) is 30.8. The smallest absolute Gasteiger partial charge is 0.147 e. The van der Waals surface area contributed by atoms with Crippen LogP contribution in [0.1, 0.15) is 33.6 Å². The minimum Gasteiger partial charge on any atom is -0.393 e. The van der Waals surface area contributed by atoms with E-state index in [1.54, 1.807) is 7.11 Å². The quantitative estimate of drug-likeness (QED) is 0.528. The van der Waals surface area contributed by atoms with E-state index in [4.69, 9.17) is 18.9 Å². The molecule has 1 N–H and O–H groups in total. The molecule has 0 aromatic carbocycles. The van der Waals surface area contributed by atoms with Gasteiger partial charge in [-0.3, -0.25) is 0 Å². The van der Waals surface area contributed by atoms with E-state index in [0.29, 0.717) is 19.6 Å². The van der Waals surface area contributed by atoms with Crippen LogP contribution in [0.25, 0.3) is 0 Å². The maximum atomic E-state index is 9.48. The third kappa shape index (κ3) is 3.90. The first-order valence-corrected chi connectivity index (χ1v) is 6.49. The Morgan fingerprint density at radius 3 is 2.56 bits per heavy atom. The molecule has 1 heterocycles. The molecule has 0 saturated carbocycles. The first-order valence-electron chi connectivity index (χ1n) is 6.49. The van der Waals surface area contributed by atoms with Gasteiger partial charge in [0, 0.05) is 13.5 Å². The summed E-state index contributed by atoms with van der Waals surface area (Å²) >= 11 is 0. The van der Waals surface area contributed by atoms with Crippen molar-refractivity contribution in [2.24, 2.45) is 0 Å². The Morgan fingerprint density at radius 1 is 1.33 bits per heavy atom. The predicted molar refractivity (Wildman–Crippen MR) is 67.5 cm³/mol. The van der Waals surface area contributed by atoms with Gasteiger partial charge in [0.1, 0.15) is 6.79 Å². The zero-order valence-electron chi connectivity index (χ0n) is 11.9. The lowest BCUT2D eigenvalue weighted by Gasteiger charge is -2.29. The van der Waals surface area contributed by atoms with Crippen molar-refractivity contribution in [3.05, 3.63) is 0 Å². The molecule has 0 aromatic heterocycles. The molecule has 2 atom stereocenters. The van der Waals surface area contributed by atoms with E-state index in [2.05, 4.69) is 0 Å². The molecular formula is C13H26O5. The molecule has 2 unspecified atom stereocenters. The van der Waals surface area contributed by atoms with E-state index in [-0.39, 0.29) is 19.5 Å². The van der Waals surface area contributed by atoms with Crippen molar-refractivity contribution in [1.82, 2.24) is 0 Å². The molecule has 0 spiro atoms. The maximum Gasteiger partial charge on any atom is 0.147 e. The van der Waals surface area contributed by atoms with Gasteiger partial charge in [0.15, 0.2) is 0 Å². The molecule has 0 amide bonds. The highest BCUT2D eigenvalue weighted by Crippen LogP contribution is 2.41. The molecule has 1 saturated heterocycles. The summed E-state index contributed by atoms with van der Waals surface area (Å²) in [6, 6.07) is 0. The van der Waals surface area contributed by atoms with Gasteiger partial charge in [0.2, 0.25) is 0 Å². The van der Waals surface area contributed by atoms with Crippen molar-refractivity contribution in [3.63, 3.8) is 0 Å². The van der Waals surface area contributed by atoms with E-state index in [0.717, 1.165) is 6.42 Å². The molecule has 0 radical (unpaired) electrons. The van der Waals surface area contributed by atoms with Crippen molar-refractivity contribution in [2.45, 2.75) is 50.9 Å². The molecule has 1 aliphatic rings. The number of aliphatic hydroxyl groups excluding tert-OH is 1. The number of rotatable bonds is 8. The molecule has 108 valence electrons. The second-order valence-corrected chi connectivity index (χ2v) is 5.28. The van der Waals surface area contributed by atoms with Gasteiger partial charge in [-0.05, 0) is 20.3 Å². The molecule has 18 heavy (non-hydrogen) atoms. The first kappa shape index (κ1) is 15.9. The molecule has 5 nitrogen and oxygen atoms in total. The minimum absolute atomic E-state index is 0.0251. The third-order valence-electron chi connectivity index (χ3n) is 3.53. The highest BCUT2D eigenvalue weighted by atomic mass is 16.7. The highest BCUT2D eigenvalue weighted by molar-refractivity contribution is 4.99. The zero-order valence-corrected chi connectivity index (χ0v) is 11.9. The van der Waals surface area contributed by atoms with Crippen LogP contribution in [0, 0.1) is 0 Å². The second-order valence-electron chi connectivity index (χ2n) is 5.28. The summed E-state index contributed by atoms with van der Waals surface area (Å²) in [6.07, 6.45) is 1.41. The third-order valence-corrected chi connectivity index (χ3v) is 3.53. The van der Waals surface area contributed by atoms with Gasteiger partial charge >= 0.3 is 0 Å². The molecule has 0 bridgehead atoms. The fourth-order valence-corrected chi connectivity index (χ4v) is 2.27. The summed E-state index contributed by atoms with van der Waals surface area (Å²) in [7, 11) is 1.63. The van der Waals surface area contributed by atoms with Crippen LogP contribution in [0.2, 0.25) is 0 Å². The number of ether oxygens (including phenoxy) is 4. The van der Waals surface area contributed by atoms with Gasteiger partial charge in [0.25, 0.3) is 0 Å². The average Bonchev–Trinajstić information content (AvgIpc) is 2.61. The molecule has 0 aromatic rings. The van der Waals surface area contributed by atoms with Crippen LogP contribution in [0.3, 0.4) is 0 Å². The Kier molecular flexibility index (Phi) is 6.01. The van der Waals surface area contributed by atoms with Crippen LogP contribution >= 0.6 is 0 Å². The Balaban J connectivity index is 2.40. The van der Waals surface area contributed by atoms with Crippen LogP contribution in [0.4, 0.5) is 0 Å². The van der Waals surface area contributed by atoms with E-state index in [9.17, 15) is 5.11 Å². The standard InChI is InChI=1S/C13H26O5/c1-5-13(9-14)8-11(12(2,3)18-13)17-10-16-7-6-15-4/h11,14H,5-10H2,1-4H3. The van der Waals surface area contributed by atoms with Gasteiger partial charge in [-0.1, -0.05) is 6.92 Å². The topological polar surface area (TPSA) is 57.2 Å². The predicted octanol–water partition coefficient (Wildman–Crippen LogP) is 1.33. The van der Waals surface area contributed by atoms with Crippen molar-refractivity contribution in [2.75, 3.05) is 33.7 Å². The Morgan fingerprint density at radius 2 is 2.06 bits per heavy atom. The second kappa shape index (κ2) is 6.82. The van der Waals surface area contributed by atoms with Gasteiger partial charge in [0.05, 0.1) is 37.1 Å². The zero-order chi connectivity index (χ0) is 13.6. The van der Waals surface area contributed by atoms with E-state index >= 15 is 0 Å². The molecular weight excluding hydrogens is 236 g/mol. The van der Waals surface area contributed by atoms with Crippen molar-refractivity contribution < 1.29 is 24.1 Å². The highest BCUT2D eigenvalue weighted by Gasteiger charge is 2.50. The summed E-state index contributed by atoms with van der Waals surface area (Å²) in [5, 5.41) is 9.48. The molecule has 1 aliphatic heterocycles. The molecule has 0 aliphatic carbocycles. The van der Waals surface area contributed by atoms with Crippen molar-refractivity contribution in [3.8, 4) is 0 Å². The van der Waals surface area contributed by atoms with Gasteiger partial charge in [-0.2, -0.15) is 0 Å². The number of methoxy groups -OCH3 is 1. The van der Waals surface area contributed by atoms with E-state index < -0.39 is 11.2 Å². The van der Waals surface area contributed by atoms with E-state index in [1.165, 1.54) is 0 Å². The van der Waals surface area contributed by atoms with Crippen LogP contribution < -0.4 is 0 Å². The summed E-state index contributed by atoms with van der Waals surface area (Å²) in [5.41, 5.74) is -0.871. The van der Waals surface area contributed by atoms with Crippen LogP contribution in [-0.4, -0.2) is 56.1 Å². The lowest BCUT2D eigenvalue weighted by molar-refractivity contribution is -0.155. The molecule has 1 rings (SSSR count). The summed E-state index contributed by atoms with van der Waals surface area (Å²) < 4.78 is 21.9.